The Morgan fingerprint density at radius 2 is 1.85 bits per heavy atom. The highest BCUT2D eigenvalue weighted by Gasteiger charge is 2.24. The maximum atomic E-state index is 12.4. The van der Waals surface area contributed by atoms with Crippen LogP contribution in [0.4, 0.5) is 5.95 Å². The topological polar surface area (TPSA) is 81.1 Å². The van der Waals surface area contributed by atoms with Gasteiger partial charge in [0.1, 0.15) is 0 Å². The quantitative estimate of drug-likeness (QED) is 0.769. The van der Waals surface area contributed by atoms with Gasteiger partial charge in [-0.15, -0.1) is 0 Å². The molecule has 1 N–H and O–H groups in total. The van der Waals surface area contributed by atoms with Crippen LogP contribution in [-0.4, -0.2) is 29.6 Å². The number of nitrogens with zero attached hydrogens (tertiary/aromatic N) is 2. The molecule has 132 valence electrons. The SMILES string of the molecule is O=C(C[C@@H]1C=CS(=O)(=O)C1)Nc1nc2ccccc2n1-c1ccccc1. The molecule has 1 aliphatic heterocycles. The average Bonchev–Trinajstić information content (AvgIpc) is 3.14. The van der Waals surface area contributed by atoms with Gasteiger partial charge in [-0.1, -0.05) is 36.4 Å². The molecule has 0 radical (unpaired) electrons. The number of hydrogen-bond acceptors (Lipinski definition) is 4. The summed E-state index contributed by atoms with van der Waals surface area (Å²) in [6, 6.07) is 17.3. The summed E-state index contributed by atoms with van der Waals surface area (Å²) in [5.74, 6) is -0.152. The van der Waals surface area contributed by atoms with Crippen LogP contribution in [0.15, 0.2) is 66.1 Å². The number of hydrogen-bond donors (Lipinski definition) is 1. The first-order valence-electron chi connectivity index (χ1n) is 8.25. The molecular weight excluding hydrogens is 350 g/mol. The summed E-state index contributed by atoms with van der Waals surface area (Å²) >= 11 is 0. The Bertz CT molecular complexity index is 1100. The van der Waals surface area contributed by atoms with Gasteiger partial charge in [-0.2, -0.15) is 0 Å². The van der Waals surface area contributed by atoms with Crippen molar-refractivity contribution in [1.29, 1.82) is 0 Å². The van der Waals surface area contributed by atoms with Crippen LogP contribution in [0.1, 0.15) is 6.42 Å². The maximum Gasteiger partial charge on any atom is 0.227 e. The van der Waals surface area contributed by atoms with Crippen LogP contribution < -0.4 is 5.32 Å². The third-order valence-electron chi connectivity index (χ3n) is 4.28. The normalized spacial score (nSPS) is 18.2. The number of imidazole rings is 1. The third kappa shape index (κ3) is 3.25. The fourth-order valence-electron chi connectivity index (χ4n) is 3.13. The van der Waals surface area contributed by atoms with Crippen LogP contribution in [0.5, 0.6) is 0 Å². The molecule has 1 amide bonds. The summed E-state index contributed by atoms with van der Waals surface area (Å²) in [4.78, 5) is 17.0. The fraction of sp³-hybridized carbons (Fsp3) is 0.158. The molecule has 2 aromatic carbocycles. The largest absolute Gasteiger partial charge is 0.296 e. The van der Waals surface area contributed by atoms with E-state index in [9.17, 15) is 13.2 Å². The second-order valence-corrected chi connectivity index (χ2v) is 8.20. The number of carbonyl (C=O) groups is 1. The Morgan fingerprint density at radius 1 is 1.12 bits per heavy atom. The molecule has 0 fully saturated rings. The molecule has 7 heteroatoms. The lowest BCUT2D eigenvalue weighted by atomic mass is 10.1. The van der Waals surface area contributed by atoms with Crippen LogP contribution in [0.2, 0.25) is 0 Å². The van der Waals surface area contributed by atoms with Crippen molar-refractivity contribution in [2.24, 2.45) is 5.92 Å². The second kappa shape index (κ2) is 6.42. The Kier molecular flexibility index (Phi) is 4.08. The zero-order chi connectivity index (χ0) is 18.1. The molecule has 2 heterocycles. The van der Waals surface area contributed by atoms with Crippen molar-refractivity contribution >= 4 is 32.7 Å². The molecule has 26 heavy (non-hydrogen) atoms. The van der Waals surface area contributed by atoms with Crippen LogP contribution in [-0.2, 0) is 14.6 Å². The molecule has 0 bridgehead atoms. The molecule has 1 aliphatic rings. The zero-order valence-electron chi connectivity index (χ0n) is 13.9. The number of sulfone groups is 1. The van der Waals surface area contributed by atoms with Gasteiger partial charge in [0.15, 0.2) is 9.84 Å². The molecule has 6 nitrogen and oxygen atoms in total. The first kappa shape index (κ1) is 16.5. The molecule has 0 aliphatic carbocycles. The molecule has 4 rings (SSSR count). The monoisotopic (exact) mass is 367 g/mol. The zero-order valence-corrected chi connectivity index (χ0v) is 14.7. The van der Waals surface area contributed by atoms with Crippen molar-refractivity contribution in [2.75, 3.05) is 11.1 Å². The Labute approximate surface area is 151 Å². The van der Waals surface area contributed by atoms with E-state index in [0.717, 1.165) is 16.7 Å². The van der Waals surface area contributed by atoms with E-state index in [4.69, 9.17) is 0 Å². The Hall–Kier alpha value is -2.93. The summed E-state index contributed by atoms with van der Waals surface area (Å²) in [5, 5.41) is 4.02. The van der Waals surface area contributed by atoms with Gasteiger partial charge in [-0.05, 0) is 24.3 Å². The van der Waals surface area contributed by atoms with Crippen LogP contribution >= 0.6 is 0 Å². The molecule has 0 saturated heterocycles. The lowest BCUT2D eigenvalue weighted by Crippen LogP contribution is -2.19. The summed E-state index contributed by atoms with van der Waals surface area (Å²) in [5.41, 5.74) is 2.55. The van der Waals surface area contributed by atoms with Crippen molar-refractivity contribution in [3.8, 4) is 5.69 Å². The van der Waals surface area contributed by atoms with Gasteiger partial charge in [-0.3, -0.25) is 14.7 Å². The van der Waals surface area contributed by atoms with Gasteiger partial charge in [0.2, 0.25) is 11.9 Å². The molecule has 1 atom stereocenters. The van der Waals surface area contributed by atoms with Gasteiger partial charge >= 0.3 is 0 Å². The number of fused-ring (bicyclic) bond motifs is 1. The second-order valence-electron chi connectivity index (χ2n) is 6.27. The summed E-state index contributed by atoms with van der Waals surface area (Å²) in [6.45, 7) is 0. The minimum atomic E-state index is -3.17. The Balaban J connectivity index is 1.64. The van der Waals surface area contributed by atoms with E-state index in [-0.39, 0.29) is 24.0 Å². The molecular formula is C19H17N3O3S. The van der Waals surface area contributed by atoms with Gasteiger partial charge < -0.3 is 0 Å². The third-order valence-corrected chi connectivity index (χ3v) is 5.74. The molecule has 1 aromatic heterocycles. The molecule has 0 spiro atoms. The number of aromatic nitrogens is 2. The number of benzene rings is 2. The van der Waals surface area contributed by atoms with Crippen molar-refractivity contribution in [3.63, 3.8) is 0 Å². The first-order chi connectivity index (χ1) is 12.5. The Morgan fingerprint density at radius 3 is 2.58 bits per heavy atom. The van der Waals surface area contributed by atoms with Crippen molar-refractivity contribution in [2.45, 2.75) is 6.42 Å². The number of carbonyl (C=O) groups excluding carboxylic acids is 1. The average molecular weight is 367 g/mol. The van der Waals surface area contributed by atoms with E-state index in [2.05, 4.69) is 10.3 Å². The van der Waals surface area contributed by atoms with Gasteiger partial charge in [0.05, 0.1) is 16.8 Å². The maximum absolute atomic E-state index is 12.4. The predicted octanol–water partition coefficient (Wildman–Crippen LogP) is 2.91. The van der Waals surface area contributed by atoms with E-state index in [1.54, 1.807) is 6.08 Å². The number of allylic oxidation sites excluding steroid dienone is 1. The van der Waals surface area contributed by atoms with E-state index in [1.807, 2.05) is 59.2 Å². The molecule has 0 saturated carbocycles. The summed E-state index contributed by atoms with van der Waals surface area (Å²) in [7, 11) is -3.17. The fourth-order valence-corrected chi connectivity index (χ4v) is 4.53. The van der Waals surface area contributed by atoms with Crippen LogP contribution in [0.3, 0.4) is 0 Å². The summed E-state index contributed by atoms with van der Waals surface area (Å²) in [6.07, 6.45) is 1.68. The number of nitrogens with one attached hydrogen (secondary N) is 1. The van der Waals surface area contributed by atoms with E-state index in [0.29, 0.717) is 5.95 Å². The highest BCUT2D eigenvalue weighted by Crippen LogP contribution is 2.25. The standard InChI is InChI=1S/C19H17N3O3S/c23-18(12-14-10-11-26(24,25)13-14)21-19-20-16-8-4-5-9-17(16)22(19)15-6-2-1-3-7-15/h1-11,14H,12-13H2,(H,20,21,23)/t14-/m0/s1. The van der Waals surface area contributed by atoms with Crippen molar-refractivity contribution in [3.05, 3.63) is 66.1 Å². The van der Waals surface area contributed by atoms with Gasteiger partial charge in [-0.25, -0.2) is 13.4 Å². The molecule has 0 unspecified atom stereocenters. The van der Waals surface area contributed by atoms with Crippen LogP contribution in [0, 0.1) is 5.92 Å². The van der Waals surface area contributed by atoms with Crippen molar-refractivity contribution in [1.82, 2.24) is 9.55 Å². The smallest absolute Gasteiger partial charge is 0.227 e. The van der Waals surface area contributed by atoms with Gasteiger partial charge in [0.25, 0.3) is 0 Å². The minimum absolute atomic E-state index is 0.0183. The lowest BCUT2D eigenvalue weighted by Gasteiger charge is -2.11. The highest BCUT2D eigenvalue weighted by molar-refractivity contribution is 7.94. The number of para-hydroxylation sites is 3. The summed E-state index contributed by atoms with van der Waals surface area (Å²) < 4.78 is 24.9. The van der Waals surface area contributed by atoms with Gasteiger partial charge in [0, 0.05) is 23.4 Å². The molecule has 3 aromatic rings. The number of anilines is 1. The van der Waals surface area contributed by atoms with E-state index >= 15 is 0 Å². The van der Waals surface area contributed by atoms with Crippen molar-refractivity contribution < 1.29 is 13.2 Å². The predicted molar refractivity (Wildman–Crippen MR) is 101 cm³/mol. The van der Waals surface area contributed by atoms with Crippen LogP contribution in [0.25, 0.3) is 16.7 Å². The van der Waals surface area contributed by atoms with E-state index in [1.165, 1.54) is 5.41 Å². The highest BCUT2D eigenvalue weighted by atomic mass is 32.2. The lowest BCUT2D eigenvalue weighted by molar-refractivity contribution is -0.116. The number of rotatable bonds is 4. The number of amides is 1. The minimum Gasteiger partial charge on any atom is -0.296 e. The first-order valence-corrected chi connectivity index (χ1v) is 9.97. The van der Waals surface area contributed by atoms with E-state index < -0.39 is 9.84 Å².